The molecule has 146 valence electrons. The molecule has 1 amide bonds. The highest BCUT2D eigenvalue weighted by Crippen LogP contribution is 2.55. The van der Waals surface area contributed by atoms with Gasteiger partial charge in [-0.25, -0.2) is 4.79 Å². The molecule has 1 aromatic carbocycles. The third-order valence-corrected chi connectivity index (χ3v) is 6.48. The van der Waals surface area contributed by atoms with Gasteiger partial charge in [0.1, 0.15) is 5.75 Å². The van der Waals surface area contributed by atoms with Crippen molar-refractivity contribution in [2.24, 2.45) is 17.8 Å². The Balaban J connectivity index is 1.31. The van der Waals surface area contributed by atoms with Crippen LogP contribution in [0.25, 0.3) is 0 Å². The van der Waals surface area contributed by atoms with E-state index in [1.165, 1.54) is 19.3 Å². The van der Waals surface area contributed by atoms with Crippen molar-refractivity contribution in [3.8, 4) is 5.75 Å². The number of nitrogens with one attached hydrogen (secondary N) is 1. The molecule has 0 heterocycles. The fourth-order valence-corrected chi connectivity index (χ4v) is 5.70. The van der Waals surface area contributed by atoms with Crippen molar-refractivity contribution in [2.45, 2.75) is 70.1 Å². The van der Waals surface area contributed by atoms with Gasteiger partial charge in [0.25, 0.3) is 5.91 Å². The largest absolute Gasteiger partial charge is 0.479 e. The van der Waals surface area contributed by atoms with E-state index < -0.39 is 18.2 Å². The average molecular weight is 371 g/mol. The maximum Gasteiger partial charge on any atom is 0.347 e. The molecule has 0 aromatic heterocycles. The molecule has 5 nitrogen and oxygen atoms in total. The number of ether oxygens (including phenoxy) is 2. The number of hydrogen-bond acceptors (Lipinski definition) is 4. The van der Waals surface area contributed by atoms with Gasteiger partial charge in [-0.2, -0.15) is 0 Å². The first-order valence-electron chi connectivity index (χ1n) is 10.2. The van der Waals surface area contributed by atoms with Crippen LogP contribution in [0.3, 0.4) is 0 Å². The fourth-order valence-electron chi connectivity index (χ4n) is 5.70. The Morgan fingerprint density at radius 1 is 0.963 bits per heavy atom. The van der Waals surface area contributed by atoms with Crippen molar-refractivity contribution >= 4 is 11.9 Å². The summed E-state index contributed by atoms with van der Waals surface area (Å²) in [5.41, 5.74) is -0.0708. The van der Waals surface area contributed by atoms with Crippen LogP contribution in [0.5, 0.6) is 5.75 Å². The van der Waals surface area contributed by atoms with Crippen LogP contribution < -0.4 is 10.1 Å². The minimum atomic E-state index is -0.813. The van der Waals surface area contributed by atoms with Gasteiger partial charge in [0.15, 0.2) is 12.2 Å². The van der Waals surface area contributed by atoms with E-state index in [4.69, 9.17) is 9.47 Å². The van der Waals surface area contributed by atoms with Gasteiger partial charge < -0.3 is 14.8 Å². The van der Waals surface area contributed by atoms with Crippen LogP contribution in [-0.4, -0.2) is 29.6 Å². The molecule has 4 saturated carbocycles. The highest BCUT2D eigenvalue weighted by molar-refractivity contribution is 5.85. The van der Waals surface area contributed by atoms with Crippen molar-refractivity contribution in [3.63, 3.8) is 0 Å². The van der Waals surface area contributed by atoms with Crippen LogP contribution in [0.1, 0.15) is 52.4 Å². The first-order chi connectivity index (χ1) is 12.9. The maximum atomic E-state index is 12.7. The van der Waals surface area contributed by atoms with Crippen molar-refractivity contribution in [1.29, 1.82) is 0 Å². The molecule has 0 spiro atoms. The van der Waals surface area contributed by atoms with Gasteiger partial charge in [0.2, 0.25) is 0 Å². The topological polar surface area (TPSA) is 64.6 Å². The normalized spacial score (nSPS) is 33.2. The van der Waals surface area contributed by atoms with Crippen LogP contribution in [-0.2, 0) is 14.3 Å². The molecule has 5 rings (SSSR count). The zero-order valence-electron chi connectivity index (χ0n) is 16.1. The van der Waals surface area contributed by atoms with Gasteiger partial charge in [-0.1, -0.05) is 18.2 Å². The summed E-state index contributed by atoms with van der Waals surface area (Å²) >= 11 is 0. The van der Waals surface area contributed by atoms with E-state index in [1.54, 1.807) is 26.0 Å². The van der Waals surface area contributed by atoms with E-state index in [9.17, 15) is 9.59 Å². The lowest BCUT2D eigenvalue weighted by Gasteiger charge is -2.57. The molecule has 1 aromatic rings. The van der Waals surface area contributed by atoms with Crippen molar-refractivity contribution in [2.75, 3.05) is 0 Å². The number of rotatable bonds is 6. The second-order valence-electron chi connectivity index (χ2n) is 8.84. The van der Waals surface area contributed by atoms with E-state index in [2.05, 4.69) is 5.32 Å². The first kappa shape index (κ1) is 18.3. The number of benzene rings is 1. The Morgan fingerprint density at radius 3 is 2.07 bits per heavy atom. The molecule has 4 fully saturated rings. The minimum Gasteiger partial charge on any atom is -0.479 e. The fraction of sp³-hybridized carbons (Fsp3) is 0.636. The predicted molar refractivity (Wildman–Crippen MR) is 101 cm³/mol. The predicted octanol–water partition coefficient (Wildman–Crippen LogP) is 3.47. The summed E-state index contributed by atoms with van der Waals surface area (Å²) in [5.74, 6) is 2.17. The summed E-state index contributed by atoms with van der Waals surface area (Å²) in [5, 5.41) is 3.26. The molecule has 5 heteroatoms. The summed E-state index contributed by atoms with van der Waals surface area (Å²) in [6.45, 7) is 3.28. The molecule has 2 atom stereocenters. The van der Waals surface area contributed by atoms with Crippen molar-refractivity contribution in [3.05, 3.63) is 30.3 Å². The lowest BCUT2D eigenvalue weighted by molar-refractivity contribution is -0.162. The Hall–Kier alpha value is -2.04. The summed E-state index contributed by atoms with van der Waals surface area (Å²) in [7, 11) is 0. The van der Waals surface area contributed by atoms with E-state index in [-0.39, 0.29) is 11.4 Å². The first-order valence-corrected chi connectivity index (χ1v) is 10.2. The molecule has 4 aliphatic rings. The standard InChI is InChI=1S/C22H29NO4/c1-14(27-21(25)15(2)26-19-6-4-3-5-7-19)20(24)23-22-11-16-8-17(12-22)10-18(9-16)13-22/h3-7,14-18H,8-13H2,1-2H3,(H,23,24)/t14-,15-,16?,17?,18?,22?/m1/s1. The lowest BCUT2D eigenvalue weighted by Crippen LogP contribution is -2.61. The third-order valence-electron chi connectivity index (χ3n) is 6.48. The van der Waals surface area contributed by atoms with Crippen molar-refractivity contribution < 1.29 is 19.1 Å². The van der Waals surface area contributed by atoms with E-state index >= 15 is 0 Å². The van der Waals surface area contributed by atoms with Crippen LogP contribution >= 0.6 is 0 Å². The molecule has 0 aliphatic heterocycles. The Morgan fingerprint density at radius 2 is 1.52 bits per heavy atom. The number of esters is 1. The van der Waals surface area contributed by atoms with Crippen molar-refractivity contribution in [1.82, 2.24) is 5.32 Å². The lowest BCUT2D eigenvalue weighted by atomic mass is 9.53. The molecule has 1 N–H and O–H groups in total. The summed E-state index contributed by atoms with van der Waals surface area (Å²) in [6.07, 6.45) is 5.65. The van der Waals surface area contributed by atoms with Gasteiger partial charge in [0, 0.05) is 5.54 Å². The number of carbonyl (C=O) groups excluding carboxylic acids is 2. The molecular formula is C22H29NO4. The number of para-hydroxylation sites is 1. The van der Waals surface area contributed by atoms with Crippen LogP contribution in [0.2, 0.25) is 0 Å². The average Bonchev–Trinajstić information content (AvgIpc) is 2.60. The summed E-state index contributed by atoms with van der Waals surface area (Å²) in [6, 6.07) is 9.14. The summed E-state index contributed by atoms with van der Waals surface area (Å²) < 4.78 is 11.0. The smallest absolute Gasteiger partial charge is 0.347 e. The molecule has 27 heavy (non-hydrogen) atoms. The monoisotopic (exact) mass is 371 g/mol. The van der Waals surface area contributed by atoms with Crippen LogP contribution in [0.4, 0.5) is 0 Å². The highest BCUT2D eigenvalue weighted by atomic mass is 16.6. The number of carbonyl (C=O) groups is 2. The quantitative estimate of drug-likeness (QED) is 0.778. The SMILES string of the molecule is C[C@@H](OC(=O)[C@@H](C)Oc1ccccc1)C(=O)NC12CC3CC(CC(C3)C1)C2. The van der Waals surface area contributed by atoms with Gasteiger partial charge in [-0.05, 0) is 82.3 Å². The molecule has 0 unspecified atom stereocenters. The molecule has 4 aliphatic carbocycles. The zero-order valence-corrected chi connectivity index (χ0v) is 16.1. The zero-order chi connectivity index (χ0) is 19.0. The van der Waals surface area contributed by atoms with Crippen LogP contribution in [0, 0.1) is 17.8 Å². The Bertz CT molecular complexity index is 666. The van der Waals surface area contributed by atoms with Gasteiger partial charge in [-0.3, -0.25) is 4.79 Å². The molecule has 4 bridgehead atoms. The van der Waals surface area contributed by atoms with Crippen LogP contribution in [0.15, 0.2) is 30.3 Å². The van der Waals surface area contributed by atoms with E-state index in [1.807, 2.05) is 18.2 Å². The Labute approximate surface area is 160 Å². The van der Waals surface area contributed by atoms with Gasteiger partial charge in [-0.15, -0.1) is 0 Å². The highest BCUT2D eigenvalue weighted by Gasteiger charge is 2.51. The maximum absolute atomic E-state index is 12.7. The third kappa shape index (κ3) is 3.97. The van der Waals surface area contributed by atoms with Gasteiger partial charge >= 0.3 is 5.97 Å². The second kappa shape index (κ2) is 7.17. The molecule has 0 saturated heterocycles. The number of amides is 1. The second-order valence-corrected chi connectivity index (χ2v) is 8.84. The summed E-state index contributed by atoms with van der Waals surface area (Å²) in [4.78, 5) is 25.0. The number of hydrogen-bond donors (Lipinski definition) is 1. The Kier molecular flexibility index (Phi) is 4.87. The molecule has 0 radical (unpaired) electrons. The van der Waals surface area contributed by atoms with E-state index in [0.29, 0.717) is 5.75 Å². The van der Waals surface area contributed by atoms with Gasteiger partial charge in [0.05, 0.1) is 0 Å². The van der Waals surface area contributed by atoms with E-state index in [0.717, 1.165) is 37.0 Å². The minimum absolute atomic E-state index is 0.0708. The molecular weight excluding hydrogens is 342 g/mol.